The number of carbonyl (C=O) groups is 1. The van der Waals surface area contributed by atoms with Crippen LogP contribution in [-0.4, -0.2) is 18.6 Å². The molecule has 0 radical (unpaired) electrons. The molecule has 0 aliphatic carbocycles. The normalized spacial score (nSPS) is 16.7. The lowest BCUT2D eigenvalue weighted by atomic mass is 10.1. The second-order valence-corrected chi connectivity index (χ2v) is 5.19. The molecule has 0 fully saturated rings. The molecular formula is C17H16FNO2. The van der Waals surface area contributed by atoms with E-state index in [4.69, 9.17) is 4.74 Å². The van der Waals surface area contributed by atoms with E-state index in [1.54, 1.807) is 4.90 Å². The number of halogens is 1. The number of nitrogens with zero attached hydrogens (tertiary/aromatic N) is 1. The fourth-order valence-electron chi connectivity index (χ4n) is 2.69. The average molecular weight is 285 g/mol. The Morgan fingerprint density at radius 2 is 1.95 bits per heavy atom. The smallest absolute Gasteiger partial charge is 0.265 e. The van der Waals surface area contributed by atoms with Gasteiger partial charge in [0.25, 0.3) is 5.91 Å². The molecule has 1 amide bonds. The minimum absolute atomic E-state index is 0.0513. The first kappa shape index (κ1) is 13.6. The summed E-state index contributed by atoms with van der Waals surface area (Å²) in [5.41, 5.74) is 2.14. The van der Waals surface area contributed by atoms with E-state index in [0.717, 1.165) is 12.1 Å². The van der Waals surface area contributed by atoms with Gasteiger partial charge in [-0.1, -0.05) is 18.2 Å². The van der Waals surface area contributed by atoms with Gasteiger partial charge in [-0.05, 0) is 49.2 Å². The number of fused-ring (bicyclic) bond motifs is 1. The van der Waals surface area contributed by atoms with Gasteiger partial charge in [0.2, 0.25) is 0 Å². The van der Waals surface area contributed by atoms with Crippen molar-refractivity contribution in [3.8, 4) is 5.75 Å². The topological polar surface area (TPSA) is 29.5 Å². The SMILES string of the molecule is CC1Cc2ccccc2N1C(=O)COc1ccc(F)cc1. The summed E-state index contributed by atoms with van der Waals surface area (Å²) in [7, 11) is 0. The van der Waals surface area contributed by atoms with Gasteiger partial charge in [0.1, 0.15) is 11.6 Å². The predicted molar refractivity (Wildman–Crippen MR) is 79.0 cm³/mol. The number of carbonyl (C=O) groups excluding carboxylic acids is 1. The van der Waals surface area contributed by atoms with Gasteiger partial charge in [-0.15, -0.1) is 0 Å². The Bertz CT molecular complexity index is 654. The van der Waals surface area contributed by atoms with Gasteiger partial charge in [-0.3, -0.25) is 4.79 Å². The van der Waals surface area contributed by atoms with E-state index in [-0.39, 0.29) is 24.4 Å². The summed E-state index contributed by atoms with van der Waals surface area (Å²) in [5.74, 6) is 0.0810. The van der Waals surface area contributed by atoms with E-state index in [0.29, 0.717) is 5.75 Å². The van der Waals surface area contributed by atoms with Crippen LogP contribution in [0.5, 0.6) is 5.75 Å². The molecule has 1 aliphatic rings. The lowest BCUT2D eigenvalue weighted by molar-refractivity contribution is -0.120. The average Bonchev–Trinajstić information content (AvgIpc) is 2.82. The lowest BCUT2D eigenvalue weighted by Crippen LogP contribution is -2.39. The monoisotopic (exact) mass is 285 g/mol. The number of anilines is 1. The summed E-state index contributed by atoms with van der Waals surface area (Å²) >= 11 is 0. The molecule has 3 nitrogen and oxygen atoms in total. The molecular weight excluding hydrogens is 269 g/mol. The highest BCUT2D eigenvalue weighted by Crippen LogP contribution is 2.31. The predicted octanol–water partition coefficient (Wildman–Crippen LogP) is 3.18. The standard InChI is InChI=1S/C17H16FNO2/c1-12-10-13-4-2-3-5-16(13)19(12)17(20)11-21-15-8-6-14(18)7-9-15/h2-9,12H,10-11H2,1H3. The third-order valence-electron chi connectivity index (χ3n) is 3.65. The fraction of sp³-hybridized carbons (Fsp3) is 0.235. The largest absolute Gasteiger partial charge is 0.484 e. The summed E-state index contributed by atoms with van der Waals surface area (Å²) in [6, 6.07) is 13.7. The summed E-state index contributed by atoms with van der Waals surface area (Å²) in [5, 5.41) is 0. The van der Waals surface area contributed by atoms with Gasteiger partial charge in [-0.25, -0.2) is 4.39 Å². The number of amides is 1. The van der Waals surface area contributed by atoms with Crippen molar-refractivity contribution in [3.63, 3.8) is 0 Å². The van der Waals surface area contributed by atoms with Crippen LogP contribution >= 0.6 is 0 Å². The summed E-state index contributed by atoms with van der Waals surface area (Å²) in [6.07, 6.45) is 0.860. The van der Waals surface area contributed by atoms with Gasteiger partial charge >= 0.3 is 0 Å². The van der Waals surface area contributed by atoms with Gasteiger partial charge in [0, 0.05) is 11.7 Å². The molecule has 3 rings (SSSR count). The maximum Gasteiger partial charge on any atom is 0.265 e. The highest BCUT2D eigenvalue weighted by molar-refractivity contribution is 5.97. The molecule has 2 aromatic rings. The van der Waals surface area contributed by atoms with E-state index in [1.165, 1.54) is 29.8 Å². The minimum atomic E-state index is -0.323. The second kappa shape index (κ2) is 5.56. The van der Waals surface area contributed by atoms with E-state index in [1.807, 2.05) is 31.2 Å². The molecule has 0 N–H and O–H groups in total. The Balaban J connectivity index is 1.70. The molecule has 0 spiro atoms. The van der Waals surface area contributed by atoms with Crippen molar-refractivity contribution in [2.24, 2.45) is 0 Å². The Morgan fingerprint density at radius 3 is 2.71 bits per heavy atom. The molecule has 1 atom stereocenters. The van der Waals surface area contributed by atoms with Crippen LogP contribution in [0, 0.1) is 5.82 Å². The third kappa shape index (κ3) is 2.75. The van der Waals surface area contributed by atoms with Crippen LogP contribution < -0.4 is 9.64 Å². The van der Waals surface area contributed by atoms with E-state index >= 15 is 0 Å². The highest BCUT2D eigenvalue weighted by atomic mass is 19.1. The highest BCUT2D eigenvalue weighted by Gasteiger charge is 2.30. The lowest BCUT2D eigenvalue weighted by Gasteiger charge is -2.22. The van der Waals surface area contributed by atoms with Crippen LogP contribution in [-0.2, 0) is 11.2 Å². The van der Waals surface area contributed by atoms with Crippen molar-refractivity contribution in [3.05, 3.63) is 59.9 Å². The maximum atomic E-state index is 12.8. The Kier molecular flexibility index (Phi) is 3.60. The Labute approximate surface area is 123 Å². The summed E-state index contributed by atoms with van der Waals surface area (Å²) in [4.78, 5) is 14.2. The number of hydrogen-bond acceptors (Lipinski definition) is 2. The Hall–Kier alpha value is -2.36. The first-order chi connectivity index (χ1) is 10.1. The van der Waals surface area contributed by atoms with Crippen molar-refractivity contribution >= 4 is 11.6 Å². The van der Waals surface area contributed by atoms with E-state index in [2.05, 4.69) is 0 Å². The number of rotatable bonds is 3. The third-order valence-corrected chi connectivity index (χ3v) is 3.65. The molecule has 0 saturated heterocycles. The quantitative estimate of drug-likeness (QED) is 0.867. The van der Waals surface area contributed by atoms with Crippen LogP contribution in [0.2, 0.25) is 0 Å². The number of benzene rings is 2. The van der Waals surface area contributed by atoms with Gasteiger partial charge < -0.3 is 9.64 Å². The van der Waals surface area contributed by atoms with Crippen molar-refractivity contribution in [1.82, 2.24) is 0 Å². The molecule has 1 aliphatic heterocycles. The zero-order valence-corrected chi connectivity index (χ0v) is 11.8. The van der Waals surface area contributed by atoms with Gasteiger partial charge in [-0.2, -0.15) is 0 Å². The van der Waals surface area contributed by atoms with E-state index in [9.17, 15) is 9.18 Å². The Morgan fingerprint density at radius 1 is 1.24 bits per heavy atom. The van der Waals surface area contributed by atoms with Crippen molar-refractivity contribution in [2.45, 2.75) is 19.4 Å². The first-order valence-electron chi connectivity index (χ1n) is 6.93. The molecule has 1 unspecified atom stereocenters. The molecule has 2 aromatic carbocycles. The van der Waals surface area contributed by atoms with Crippen LogP contribution in [0.3, 0.4) is 0 Å². The number of ether oxygens (including phenoxy) is 1. The number of hydrogen-bond donors (Lipinski definition) is 0. The van der Waals surface area contributed by atoms with Crippen LogP contribution in [0.1, 0.15) is 12.5 Å². The first-order valence-corrected chi connectivity index (χ1v) is 6.93. The van der Waals surface area contributed by atoms with Gasteiger partial charge in [0.05, 0.1) is 0 Å². The molecule has 0 bridgehead atoms. The second-order valence-electron chi connectivity index (χ2n) is 5.19. The fourth-order valence-corrected chi connectivity index (χ4v) is 2.69. The van der Waals surface area contributed by atoms with Crippen molar-refractivity contribution < 1.29 is 13.9 Å². The zero-order valence-electron chi connectivity index (χ0n) is 11.8. The molecule has 0 saturated carbocycles. The summed E-state index contributed by atoms with van der Waals surface area (Å²) in [6.45, 7) is 1.97. The van der Waals surface area contributed by atoms with Crippen LogP contribution in [0.15, 0.2) is 48.5 Å². The summed E-state index contributed by atoms with van der Waals surface area (Å²) < 4.78 is 18.3. The minimum Gasteiger partial charge on any atom is -0.484 e. The molecule has 4 heteroatoms. The number of para-hydroxylation sites is 1. The van der Waals surface area contributed by atoms with Crippen LogP contribution in [0.4, 0.5) is 10.1 Å². The molecule has 0 aromatic heterocycles. The zero-order chi connectivity index (χ0) is 14.8. The van der Waals surface area contributed by atoms with Gasteiger partial charge in [0.15, 0.2) is 6.61 Å². The van der Waals surface area contributed by atoms with E-state index < -0.39 is 0 Å². The van der Waals surface area contributed by atoms with Crippen molar-refractivity contribution in [1.29, 1.82) is 0 Å². The molecule has 21 heavy (non-hydrogen) atoms. The maximum absolute atomic E-state index is 12.8. The molecule has 1 heterocycles. The van der Waals surface area contributed by atoms with Crippen molar-refractivity contribution in [2.75, 3.05) is 11.5 Å². The van der Waals surface area contributed by atoms with Crippen LogP contribution in [0.25, 0.3) is 0 Å². The molecule has 108 valence electrons.